The van der Waals surface area contributed by atoms with Gasteiger partial charge in [-0.3, -0.25) is 0 Å². The van der Waals surface area contributed by atoms with Crippen molar-refractivity contribution in [3.63, 3.8) is 0 Å². The van der Waals surface area contributed by atoms with Gasteiger partial charge in [-0.2, -0.15) is 5.26 Å². The molecule has 0 atom stereocenters. The predicted molar refractivity (Wildman–Crippen MR) is 50.2 cm³/mol. The van der Waals surface area contributed by atoms with Crippen LogP contribution < -0.4 is 0 Å². The lowest BCUT2D eigenvalue weighted by Crippen LogP contribution is -1.71. The molecule has 0 aliphatic carbocycles. The third kappa shape index (κ3) is 27.0. The van der Waals surface area contributed by atoms with Crippen molar-refractivity contribution in [2.24, 2.45) is 0 Å². The van der Waals surface area contributed by atoms with Gasteiger partial charge in [0.1, 0.15) is 0 Å². The first kappa shape index (κ1) is 12.9. The number of nitrogens with zero attached hydrogens (tertiary/aromatic N) is 1. The van der Waals surface area contributed by atoms with E-state index in [1.54, 1.807) is 6.07 Å². The summed E-state index contributed by atoms with van der Waals surface area (Å²) in [5.74, 6) is 0. The van der Waals surface area contributed by atoms with Gasteiger partial charge in [0.2, 0.25) is 0 Å². The molecule has 0 amide bonds. The Labute approximate surface area is 70.7 Å². The molecule has 0 unspecified atom stereocenters. The molecular formula is C10H19N. The van der Waals surface area contributed by atoms with E-state index < -0.39 is 0 Å². The van der Waals surface area contributed by atoms with Gasteiger partial charge in [-0.05, 0) is 12.8 Å². The lowest BCUT2D eigenvalue weighted by Gasteiger charge is -1.91. The van der Waals surface area contributed by atoms with Crippen LogP contribution in [0.5, 0.6) is 0 Å². The number of allylic oxidation sites excluding steroid dienone is 1. The lowest BCUT2D eigenvalue weighted by atomic mass is 10.2. The summed E-state index contributed by atoms with van der Waals surface area (Å²) < 4.78 is 0. The van der Waals surface area contributed by atoms with Crippen molar-refractivity contribution >= 4 is 0 Å². The fraction of sp³-hybridized carbons (Fsp3) is 0.700. The molecule has 0 radical (unpaired) electrons. The maximum atomic E-state index is 7.32. The normalized spacial score (nSPS) is 7.36. The summed E-state index contributed by atoms with van der Waals surface area (Å²) in [6.07, 6.45) is 8.61. The average Bonchev–Trinajstić information content (AvgIpc) is 2.00. The quantitative estimate of drug-likeness (QED) is 0.436. The summed E-state index contributed by atoms with van der Waals surface area (Å²) >= 11 is 0. The molecular weight excluding hydrogens is 134 g/mol. The van der Waals surface area contributed by atoms with E-state index in [2.05, 4.69) is 13.5 Å². The zero-order valence-electron chi connectivity index (χ0n) is 7.77. The molecule has 0 fully saturated rings. The summed E-state index contributed by atoms with van der Waals surface area (Å²) in [6.45, 7) is 7.32. The summed E-state index contributed by atoms with van der Waals surface area (Å²) in [7, 11) is 0. The number of hydrogen-bond acceptors (Lipinski definition) is 1. The fourth-order valence-electron chi connectivity index (χ4n) is 0.715. The Kier molecular flexibility index (Phi) is 18.8. The highest BCUT2D eigenvalue weighted by Crippen LogP contribution is 2.01. The zero-order chi connectivity index (χ0) is 8.95. The first-order chi connectivity index (χ1) is 5.33. The van der Waals surface area contributed by atoms with Crippen LogP contribution in [-0.4, -0.2) is 0 Å². The van der Waals surface area contributed by atoms with E-state index in [0.717, 1.165) is 0 Å². The molecule has 0 heterocycles. The van der Waals surface area contributed by atoms with Crippen molar-refractivity contribution in [3.05, 3.63) is 12.7 Å². The molecule has 0 aromatic heterocycles. The van der Waals surface area contributed by atoms with Crippen LogP contribution in [0, 0.1) is 11.3 Å². The minimum Gasteiger partial charge on any atom is -0.199 e. The molecule has 0 aromatic rings. The van der Waals surface area contributed by atoms with Gasteiger partial charge in [-0.25, -0.2) is 0 Å². The fourth-order valence-corrected chi connectivity index (χ4v) is 0.715. The Morgan fingerprint density at radius 3 is 2.27 bits per heavy atom. The van der Waals surface area contributed by atoms with E-state index in [1.165, 1.54) is 39.0 Å². The molecule has 0 aliphatic rings. The Morgan fingerprint density at radius 1 is 1.36 bits per heavy atom. The number of unbranched alkanes of at least 4 members (excludes halogenated alkanes) is 4. The highest BCUT2D eigenvalue weighted by atomic mass is 14.2. The average molecular weight is 153 g/mol. The van der Waals surface area contributed by atoms with Crippen LogP contribution >= 0.6 is 0 Å². The smallest absolute Gasteiger partial charge is 0.0587 e. The molecule has 0 rings (SSSR count). The van der Waals surface area contributed by atoms with Gasteiger partial charge in [0, 0.05) is 6.92 Å². The summed E-state index contributed by atoms with van der Waals surface area (Å²) in [6, 6.07) is 1.75. The Balaban J connectivity index is 0. The largest absolute Gasteiger partial charge is 0.199 e. The highest BCUT2D eigenvalue weighted by molar-refractivity contribution is 4.64. The molecule has 0 bridgehead atoms. The second-order valence-electron chi connectivity index (χ2n) is 2.36. The van der Waals surface area contributed by atoms with E-state index in [-0.39, 0.29) is 0 Å². The first-order valence-electron chi connectivity index (χ1n) is 4.25. The van der Waals surface area contributed by atoms with Crippen molar-refractivity contribution in [2.75, 3.05) is 0 Å². The van der Waals surface area contributed by atoms with Gasteiger partial charge < -0.3 is 0 Å². The highest BCUT2D eigenvalue weighted by Gasteiger charge is 1.81. The first-order valence-corrected chi connectivity index (χ1v) is 4.25. The summed E-state index contributed by atoms with van der Waals surface area (Å²) in [5, 5.41) is 7.32. The van der Waals surface area contributed by atoms with Gasteiger partial charge in [0.05, 0.1) is 6.07 Å². The summed E-state index contributed by atoms with van der Waals surface area (Å²) in [4.78, 5) is 0. The molecule has 11 heavy (non-hydrogen) atoms. The van der Waals surface area contributed by atoms with Gasteiger partial charge in [-0.1, -0.05) is 32.3 Å². The van der Waals surface area contributed by atoms with Crippen LogP contribution in [0.25, 0.3) is 0 Å². The Bertz CT molecular complexity index is 99.9. The van der Waals surface area contributed by atoms with Crippen molar-refractivity contribution in [2.45, 2.75) is 46.0 Å². The van der Waals surface area contributed by atoms with E-state index in [0.29, 0.717) is 0 Å². The predicted octanol–water partition coefficient (Wildman–Crippen LogP) is 3.67. The van der Waals surface area contributed by atoms with Crippen molar-refractivity contribution in [1.82, 2.24) is 0 Å². The monoisotopic (exact) mass is 153 g/mol. The lowest BCUT2D eigenvalue weighted by molar-refractivity contribution is 0.675. The van der Waals surface area contributed by atoms with Crippen LogP contribution in [0.3, 0.4) is 0 Å². The molecule has 0 aromatic carbocycles. The van der Waals surface area contributed by atoms with Crippen LogP contribution in [0.2, 0.25) is 0 Å². The van der Waals surface area contributed by atoms with Crippen LogP contribution in [-0.2, 0) is 0 Å². The van der Waals surface area contributed by atoms with Crippen molar-refractivity contribution < 1.29 is 0 Å². The van der Waals surface area contributed by atoms with Gasteiger partial charge in [0.25, 0.3) is 0 Å². The van der Waals surface area contributed by atoms with E-state index in [9.17, 15) is 0 Å². The molecule has 0 spiro atoms. The molecule has 0 N–H and O–H groups in total. The SMILES string of the molecule is C=CCCCCCC.CC#N. The minimum atomic E-state index is 1.19. The van der Waals surface area contributed by atoms with Gasteiger partial charge >= 0.3 is 0 Å². The van der Waals surface area contributed by atoms with Crippen molar-refractivity contribution in [3.8, 4) is 6.07 Å². The van der Waals surface area contributed by atoms with Crippen LogP contribution in [0.4, 0.5) is 0 Å². The molecule has 0 saturated carbocycles. The molecule has 1 heteroatoms. The Morgan fingerprint density at radius 2 is 1.91 bits per heavy atom. The van der Waals surface area contributed by atoms with E-state index >= 15 is 0 Å². The molecule has 1 nitrogen and oxygen atoms in total. The molecule has 0 saturated heterocycles. The third-order valence-corrected chi connectivity index (χ3v) is 1.26. The van der Waals surface area contributed by atoms with E-state index in [1.807, 2.05) is 6.08 Å². The summed E-state index contributed by atoms with van der Waals surface area (Å²) in [5.41, 5.74) is 0. The van der Waals surface area contributed by atoms with Crippen LogP contribution in [0.15, 0.2) is 12.7 Å². The maximum absolute atomic E-state index is 7.32. The maximum Gasteiger partial charge on any atom is 0.0587 e. The minimum absolute atomic E-state index is 1.19. The second-order valence-corrected chi connectivity index (χ2v) is 2.36. The number of rotatable bonds is 5. The van der Waals surface area contributed by atoms with E-state index in [4.69, 9.17) is 5.26 Å². The number of hydrogen-bond donors (Lipinski definition) is 0. The number of nitriles is 1. The van der Waals surface area contributed by atoms with Gasteiger partial charge in [-0.15, -0.1) is 6.58 Å². The van der Waals surface area contributed by atoms with Crippen LogP contribution in [0.1, 0.15) is 46.0 Å². The molecule has 64 valence electrons. The van der Waals surface area contributed by atoms with Crippen molar-refractivity contribution in [1.29, 1.82) is 5.26 Å². The van der Waals surface area contributed by atoms with Gasteiger partial charge in [0.15, 0.2) is 0 Å². The standard InChI is InChI=1S/C8H16.C2H3N/c1-3-5-7-8-6-4-2;1-2-3/h3H,1,4-8H2,2H3;1H3. The zero-order valence-corrected chi connectivity index (χ0v) is 7.77. The topological polar surface area (TPSA) is 23.8 Å². The second kappa shape index (κ2) is 16.1. The Hall–Kier alpha value is -0.770. The third-order valence-electron chi connectivity index (χ3n) is 1.26. The molecule has 0 aliphatic heterocycles.